The molecule has 0 radical (unpaired) electrons. The zero-order chi connectivity index (χ0) is 13.6. The van der Waals surface area contributed by atoms with Crippen LogP contribution in [0.3, 0.4) is 0 Å². The van der Waals surface area contributed by atoms with Gasteiger partial charge in [0.1, 0.15) is 5.01 Å². The average molecular weight is 283 g/mol. The fourth-order valence-corrected chi connectivity index (χ4v) is 3.96. The Morgan fingerprint density at radius 2 is 2.00 bits per heavy atom. The lowest BCUT2D eigenvalue weighted by atomic mass is 9.78. The van der Waals surface area contributed by atoms with E-state index in [-0.39, 0.29) is 15.9 Å². The average Bonchev–Trinajstić information content (AvgIpc) is 2.55. The molecule has 1 aromatic rings. The van der Waals surface area contributed by atoms with Gasteiger partial charge in [0.25, 0.3) is 0 Å². The molecule has 0 fully saturated rings. The Kier molecular flexibility index (Phi) is 3.63. The van der Waals surface area contributed by atoms with Crippen LogP contribution in [0.5, 0.6) is 0 Å². The van der Waals surface area contributed by atoms with E-state index < -0.39 is 0 Å². The Labute approximate surface area is 118 Å². The molecule has 18 heavy (non-hydrogen) atoms. The summed E-state index contributed by atoms with van der Waals surface area (Å²) in [5.41, 5.74) is 1.11. The molecule has 0 spiro atoms. The topological polar surface area (TPSA) is 30.0 Å². The summed E-state index contributed by atoms with van der Waals surface area (Å²) < 4.78 is 0.245. The van der Waals surface area contributed by atoms with E-state index in [0.29, 0.717) is 6.42 Å². The number of fused-ring (bicyclic) bond motifs is 1. The minimum absolute atomic E-state index is 0.0760. The third-order valence-electron chi connectivity index (χ3n) is 2.91. The lowest BCUT2D eigenvalue weighted by molar-refractivity contribution is 0.0916. The number of hydrogen-bond acceptors (Lipinski definition) is 4. The van der Waals surface area contributed by atoms with Crippen LogP contribution in [-0.2, 0) is 12.2 Å². The highest BCUT2D eigenvalue weighted by Crippen LogP contribution is 2.38. The monoisotopic (exact) mass is 283 g/mol. The molecule has 100 valence electrons. The Hall–Kier alpha value is -0.350. The number of Topliss-reactive ketones (excluding diaryl/α,β-unsaturated/α-hetero) is 1. The van der Waals surface area contributed by atoms with Gasteiger partial charge in [-0.15, -0.1) is 23.1 Å². The molecule has 1 aliphatic carbocycles. The SMILES string of the molecule is CC1(C)CC(=O)c2sc(CSC(C)(C)C)nc2C1. The maximum Gasteiger partial charge on any atom is 0.175 e. The first-order valence-corrected chi connectivity index (χ1v) is 8.12. The number of thiazole rings is 1. The Bertz CT molecular complexity index is 469. The third-order valence-corrected chi connectivity index (χ3v) is 5.51. The summed E-state index contributed by atoms with van der Waals surface area (Å²) in [6.07, 6.45) is 1.60. The van der Waals surface area contributed by atoms with E-state index in [2.05, 4.69) is 39.6 Å². The number of carbonyl (C=O) groups excluding carboxylic acids is 1. The summed E-state index contributed by atoms with van der Waals surface area (Å²) in [5, 5.41) is 1.10. The quantitative estimate of drug-likeness (QED) is 0.809. The first-order chi connectivity index (χ1) is 8.16. The Morgan fingerprint density at radius 1 is 1.33 bits per heavy atom. The minimum Gasteiger partial charge on any atom is -0.293 e. The Balaban J connectivity index is 2.17. The molecule has 0 amide bonds. The Morgan fingerprint density at radius 3 is 2.61 bits per heavy atom. The van der Waals surface area contributed by atoms with Gasteiger partial charge in [0, 0.05) is 16.9 Å². The van der Waals surface area contributed by atoms with Crippen LogP contribution in [-0.4, -0.2) is 15.5 Å². The predicted octanol–water partition coefficient (Wildman–Crippen LogP) is 4.33. The van der Waals surface area contributed by atoms with Crippen LogP contribution in [0.2, 0.25) is 0 Å². The van der Waals surface area contributed by atoms with Crippen LogP contribution in [0.15, 0.2) is 0 Å². The van der Waals surface area contributed by atoms with Crippen LogP contribution >= 0.6 is 23.1 Å². The minimum atomic E-state index is 0.0760. The van der Waals surface area contributed by atoms with Crippen LogP contribution in [0.4, 0.5) is 0 Å². The van der Waals surface area contributed by atoms with Crippen molar-refractivity contribution in [2.75, 3.05) is 0 Å². The van der Waals surface area contributed by atoms with Crippen molar-refractivity contribution in [1.29, 1.82) is 0 Å². The molecule has 0 atom stereocenters. The molecule has 1 aromatic heterocycles. The van der Waals surface area contributed by atoms with Crippen LogP contribution in [0.1, 0.15) is 61.4 Å². The molecule has 2 nitrogen and oxygen atoms in total. The molecular formula is C14H21NOS2. The summed E-state index contributed by atoms with van der Waals surface area (Å²) in [7, 11) is 0. The molecule has 4 heteroatoms. The van der Waals surface area contributed by atoms with E-state index >= 15 is 0 Å². The van der Waals surface area contributed by atoms with Crippen molar-refractivity contribution in [3.63, 3.8) is 0 Å². The fourth-order valence-electron chi connectivity index (χ4n) is 2.11. The summed E-state index contributed by atoms with van der Waals surface area (Å²) in [6, 6.07) is 0. The van der Waals surface area contributed by atoms with Crippen molar-refractivity contribution >= 4 is 28.9 Å². The molecular weight excluding hydrogens is 262 g/mol. The highest BCUT2D eigenvalue weighted by molar-refractivity contribution is 7.99. The van der Waals surface area contributed by atoms with Gasteiger partial charge in [0.15, 0.2) is 5.78 Å². The number of rotatable bonds is 2. The second-order valence-electron chi connectivity index (χ2n) is 6.73. The molecule has 0 unspecified atom stereocenters. The summed E-state index contributed by atoms with van der Waals surface area (Å²) in [6.45, 7) is 10.9. The highest BCUT2D eigenvalue weighted by atomic mass is 32.2. The lowest BCUT2D eigenvalue weighted by Crippen LogP contribution is -2.26. The van der Waals surface area contributed by atoms with E-state index in [0.717, 1.165) is 27.8 Å². The number of hydrogen-bond donors (Lipinski definition) is 0. The van der Waals surface area contributed by atoms with E-state index in [1.165, 1.54) is 0 Å². The van der Waals surface area contributed by atoms with Gasteiger partial charge >= 0.3 is 0 Å². The van der Waals surface area contributed by atoms with E-state index in [1.807, 2.05) is 11.8 Å². The smallest absolute Gasteiger partial charge is 0.175 e. The van der Waals surface area contributed by atoms with Crippen molar-refractivity contribution in [3.05, 3.63) is 15.6 Å². The predicted molar refractivity (Wildman–Crippen MR) is 79.6 cm³/mol. The van der Waals surface area contributed by atoms with Gasteiger partial charge in [0.05, 0.1) is 10.6 Å². The van der Waals surface area contributed by atoms with E-state index in [9.17, 15) is 4.79 Å². The molecule has 1 heterocycles. The maximum atomic E-state index is 12.1. The molecule has 0 N–H and O–H groups in total. The summed E-state index contributed by atoms with van der Waals surface area (Å²) >= 11 is 3.49. The number of aromatic nitrogens is 1. The molecule has 0 saturated heterocycles. The number of nitrogens with zero attached hydrogens (tertiary/aromatic N) is 1. The molecule has 0 bridgehead atoms. The molecule has 2 rings (SSSR count). The van der Waals surface area contributed by atoms with Gasteiger partial charge in [-0.25, -0.2) is 4.98 Å². The summed E-state index contributed by atoms with van der Waals surface area (Å²) in [5.74, 6) is 1.19. The standard InChI is InChI=1S/C14H21NOS2/c1-13(2,3)17-8-11-15-9-6-14(4,5)7-10(16)12(9)18-11/h6-8H2,1-5H3. The summed E-state index contributed by atoms with van der Waals surface area (Å²) in [4.78, 5) is 17.7. The first-order valence-electron chi connectivity index (χ1n) is 6.32. The van der Waals surface area contributed by atoms with E-state index in [4.69, 9.17) is 0 Å². The first kappa shape index (κ1) is 14.1. The highest BCUT2D eigenvalue weighted by Gasteiger charge is 2.33. The van der Waals surface area contributed by atoms with Crippen LogP contribution < -0.4 is 0 Å². The van der Waals surface area contributed by atoms with E-state index in [1.54, 1.807) is 11.3 Å². The lowest BCUT2D eigenvalue weighted by Gasteiger charge is -2.26. The van der Waals surface area contributed by atoms with Crippen molar-refractivity contribution in [2.24, 2.45) is 5.41 Å². The number of ketones is 1. The zero-order valence-electron chi connectivity index (χ0n) is 11.8. The number of carbonyl (C=O) groups is 1. The normalized spacial score (nSPS) is 18.8. The second-order valence-corrected chi connectivity index (χ2v) is 9.61. The largest absolute Gasteiger partial charge is 0.293 e. The fraction of sp³-hybridized carbons (Fsp3) is 0.714. The van der Waals surface area contributed by atoms with Gasteiger partial charge in [-0.2, -0.15) is 0 Å². The zero-order valence-corrected chi connectivity index (χ0v) is 13.4. The third kappa shape index (κ3) is 3.35. The van der Waals surface area contributed by atoms with Crippen molar-refractivity contribution in [2.45, 2.75) is 58.0 Å². The second kappa shape index (κ2) is 4.64. The van der Waals surface area contributed by atoms with Gasteiger partial charge in [0.2, 0.25) is 0 Å². The van der Waals surface area contributed by atoms with Gasteiger partial charge in [-0.05, 0) is 11.8 Å². The van der Waals surface area contributed by atoms with Crippen molar-refractivity contribution < 1.29 is 4.79 Å². The van der Waals surface area contributed by atoms with Gasteiger partial charge in [-0.3, -0.25) is 4.79 Å². The maximum absolute atomic E-state index is 12.1. The van der Waals surface area contributed by atoms with Gasteiger partial charge in [-0.1, -0.05) is 34.6 Å². The van der Waals surface area contributed by atoms with Gasteiger partial charge < -0.3 is 0 Å². The van der Waals surface area contributed by atoms with Crippen LogP contribution in [0.25, 0.3) is 0 Å². The molecule has 0 saturated carbocycles. The number of thioether (sulfide) groups is 1. The van der Waals surface area contributed by atoms with Crippen molar-refractivity contribution in [1.82, 2.24) is 4.98 Å². The van der Waals surface area contributed by atoms with Crippen LogP contribution in [0, 0.1) is 5.41 Å². The molecule has 1 aliphatic rings. The molecule has 0 aromatic carbocycles. The molecule has 0 aliphatic heterocycles. The van der Waals surface area contributed by atoms with Crippen molar-refractivity contribution in [3.8, 4) is 0 Å².